The van der Waals surface area contributed by atoms with Crippen LogP contribution in [-0.2, 0) is 15.9 Å². The van der Waals surface area contributed by atoms with Crippen LogP contribution in [0.1, 0.15) is 47.2 Å². The Kier molecular flexibility index (Phi) is 5.87. The normalized spacial score (nSPS) is 18.0. The minimum atomic E-state index is -0.594. The first-order chi connectivity index (χ1) is 14.6. The summed E-state index contributed by atoms with van der Waals surface area (Å²) in [5, 5.41) is 0.605. The molecule has 1 atom stereocenters. The van der Waals surface area contributed by atoms with Crippen molar-refractivity contribution >= 4 is 44.5 Å². The van der Waals surface area contributed by atoms with E-state index >= 15 is 4.39 Å². The number of hydrogen-bond acceptors (Lipinski definition) is 4. The van der Waals surface area contributed by atoms with Crippen LogP contribution >= 0.6 is 27.5 Å². The molecule has 0 radical (unpaired) electrons. The van der Waals surface area contributed by atoms with Crippen LogP contribution < -0.4 is 0 Å². The molecule has 1 aromatic heterocycles. The van der Waals surface area contributed by atoms with Gasteiger partial charge >= 0.3 is 5.97 Å². The van der Waals surface area contributed by atoms with Crippen LogP contribution in [0.15, 0.2) is 28.7 Å². The largest absolute Gasteiger partial charge is 0.465 e. The minimum absolute atomic E-state index is 0.0740. The lowest BCUT2D eigenvalue weighted by atomic mass is 9.87. The van der Waals surface area contributed by atoms with E-state index in [0.29, 0.717) is 36.0 Å². The molecule has 4 rings (SSSR count). The zero-order chi connectivity index (χ0) is 22.5. The summed E-state index contributed by atoms with van der Waals surface area (Å²) in [5.41, 5.74) is 2.66. The van der Waals surface area contributed by atoms with Gasteiger partial charge < -0.3 is 14.0 Å². The molecule has 0 amide bonds. The van der Waals surface area contributed by atoms with Gasteiger partial charge in [0.25, 0.3) is 0 Å². The average Bonchev–Trinajstić information content (AvgIpc) is 3.24. The number of carbonyl (C=O) groups is 1. The quantitative estimate of drug-likeness (QED) is 0.413. The van der Waals surface area contributed by atoms with E-state index < -0.39 is 11.8 Å². The predicted octanol–water partition coefficient (Wildman–Crippen LogP) is 5.87. The maximum absolute atomic E-state index is 15.0. The summed E-state index contributed by atoms with van der Waals surface area (Å²) in [6.07, 6.45) is 0.418. The van der Waals surface area contributed by atoms with Gasteiger partial charge in [0.05, 0.1) is 37.4 Å². The number of benzene rings is 2. The highest BCUT2D eigenvalue weighted by molar-refractivity contribution is 9.10. The second-order valence-electron chi connectivity index (χ2n) is 8.60. The van der Waals surface area contributed by atoms with Gasteiger partial charge in [-0.05, 0) is 36.2 Å². The van der Waals surface area contributed by atoms with Gasteiger partial charge in [-0.1, -0.05) is 47.4 Å². The van der Waals surface area contributed by atoms with Crippen LogP contribution in [0.5, 0.6) is 0 Å². The van der Waals surface area contributed by atoms with Crippen LogP contribution in [0.4, 0.5) is 4.39 Å². The molecule has 1 aliphatic heterocycles. The molecule has 0 bridgehead atoms. The van der Waals surface area contributed by atoms with Crippen LogP contribution in [0.3, 0.4) is 0 Å². The molecule has 1 saturated heterocycles. The Bertz CT molecular complexity index is 1190. The molecule has 1 unspecified atom stereocenters. The smallest absolute Gasteiger partial charge is 0.338 e. The third kappa shape index (κ3) is 3.99. The summed E-state index contributed by atoms with van der Waals surface area (Å²) in [6.45, 7) is 7.26. The van der Waals surface area contributed by atoms with E-state index in [2.05, 4.69) is 34.8 Å². The molecular weight excluding hydrogens is 487 g/mol. The molecule has 8 heteroatoms. The van der Waals surface area contributed by atoms with E-state index in [0.717, 1.165) is 15.6 Å². The Morgan fingerprint density at radius 3 is 2.77 bits per heavy atom. The summed E-state index contributed by atoms with van der Waals surface area (Å²) in [5.74, 6) is -0.487. The lowest BCUT2D eigenvalue weighted by Crippen LogP contribution is -2.27. The molecule has 2 aromatic carbocycles. The first-order valence-electron chi connectivity index (χ1n) is 9.93. The number of imidazole rings is 1. The number of carbonyl (C=O) groups excluding carboxylic acids is 1. The fraction of sp³-hybridized carbons (Fsp3) is 0.391. The fourth-order valence-electron chi connectivity index (χ4n) is 4.11. The van der Waals surface area contributed by atoms with E-state index in [4.69, 9.17) is 21.1 Å². The second-order valence-corrected chi connectivity index (χ2v) is 9.87. The van der Waals surface area contributed by atoms with Gasteiger partial charge in [-0.3, -0.25) is 0 Å². The van der Waals surface area contributed by atoms with Crippen LogP contribution in [0.25, 0.3) is 11.0 Å². The van der Waals surface area contributed by atoms with Crippen molar-refractivity contribution in [3.05, 3.63) is 62.1 Å². The predicted molar refractivity (Wildman–Crippen MR) is 121 cm³/mol. The topological polar surface area (TPSA) is 53.3 Å². The summed E-state index contributed by atoms with van der Waals surface area (Å²) in [6, 6.07) is 6.60. The molecule has 3 aromatic rings. The number of ether oxygens (including phenoxy) is 2. The van der Waals surface area contributed by atoms with Crippen molar-refractivity contribution in [2.75, 3.05) is 20.3 Å². The van der Waals surface area contributed by atoms with Gasteiger partial charge in [0.15, 0.2) is 5.82 Å². The third-order valence-corrected chi connectivity index (χ3v) is 7.09. The average molecular weight is 510 g/mol. The van der Waals surface area contributed by atoms with Crippen molar-refractivity contribution < 1.29 is 18.7 Å². The first kappa shape index (κ1) is 22.2. The molecule has 2 heterocycles. The zero-order valence-corrected chi connectivity index (χ0v) is 20.1. The SMILES string of the molecule is COC(=O)c1cc(F)c2nc(Cc3cc(C)c(Br)cc3Cl)n(C3COCC3(C)C)c2c1. The Morgan fingerprint density at radius 2 is 2.13 bits per heavy atom. The zero-order valence-electron chi connectivity index (χ0n) is 17.8. The van der Waals surface area contributed by atoms with Crippen molar-refractivity contribution in [1.82, 2.24) is 9.55 Å². The Balaban J connectivity index is 1.94. The maximum atomic E-state index is 15.0. The van der Waals surface area contributed by atoms with Gasteiger partial charge in [-0.15, -0.1) is 0 Å². The lowest BCUT2D eigenvalue weighted by Gasteiger charge is -2.28. The van der Waals surface area contributed by atoms with Crippen LogP contribution in [-0.4, -0.2) is 35.8 Å². The molecule has 0 aliphatic carbocycles. The Hall–Kier alpha value is -1.96. The van der Waals surface area contributed by atoms with Gasteiger partial charge in [0.1, 0.15) is 11.3 Å². The highest BCUT2D eigenvalue weighted by atomic mass is 79.9. The van der Waals surface area contributed by atoms with E-state index in [-0.39, 0.29) is 22.5 Å². The minimum Gasteiger partial charge on any atom is -0.465 e. The molecule has 31 heavy (non-hydrogen) atoms. The fourth-order valence-corrected chi connectivity index (χ4v) is 4.82. The maximum Gasteiger partial charge on any atom is 0.338 e. The number of fused-ring (bicyclic) bond motifs is 1. The monoisotopic (exact) mass is 508 g/mol. The lowest BCUT2D eigenvalue weighted by molar-refractivity contribution is 0.0600. The molecule has 1 fully saturated rings. The molecule has 0 N–H and O–H groups in total. The highest BCUT2D eigenvalue weighted by Gasteiger charge is 2.39. The number of hydrogen-bond donors (Lipinski definition) is 0. The summed E-state index contributed by atoms with van der Waals surface area (Å²) in [7, 11) is 1.28. The van der Waals surface area contributed by atoms with E-state index in [1.807, 2.05) is 23.6 Å². The van der Waals surface area contributed by atoms with Gasteiger partial charge in [0.2, 0.25) is 0 Å². The van der Waals surface area contributed by atoms with Gasteiger partial charge in [-0.25, -0.2) is 14.2 Å². The number of halogens is 3. The van der Waals surface area contributed by atoms with Crippen molar-refractivity contribution in [3.63, 3.8) is 0 Å². The summed E-state index contributed by atoms with van der Waals surface area (Å²) < 4.78 is 28.5. The third-order valence-electron chi connectivity index (χ3n) is 5.88. The number of methoxy groups -OCH3 is 1. The number of esters is 1. The van der Waals surface area contributed by atoms with E-state index in [9.17, 15) is 4.79 Å². The Morgan fingerprint density at radius 1 is 1.39 bits per heavy atom. The van der Waals surface area contributed by atoms with Crippen LogP contribution in [0.2, 0.25) is 5.02 Å². The van der Waals surface area contributed by atoms with Crippen molar-refractivity contribution in [1.29, 1.82) is 0 Å². The number of rotatable bonds is 4. The molecule has 164 valence electrons. The Labute approximate surface area is 193 Å². The molecule has 1 aliphatic rings. The van der Waals surface area contributed by atoms with Crippen LogP contribution in [0, 0.1) is 18.2 Å². The molecule has 5 nitrogen and oxygen atoms in total. The van der Waals surface area contributed by atoms with E-state index in [1.165, 1.54) is 13.2 Å². The number of aromatic nitrogens is 2. The van der Waals surface area contributed by atoms with Crippen molar-refractivity contribution in [3.8, 4) is 0 Å². The number of aryl methyl sites for hydroxylation is 1. The first-order valence-corrected chi connectivity index (χ1v) is 11.1. The van der Waals surface area contributed by atoms with Crippen molar-refractivity contribution in [2.24, 2.45) is 5.41 Å². The van der Waals surface area contributed by atoms with Gasteiger partial charge in [0, 0.05) is 21.3 Å². The van der Waals surface area contributed by atoms with E-state index in [1.54, 1.807) is 6.07 Å². The highest BCUT2D eigenvalue weighted by Crippen LogP contribution is 2.41. The summed E-state index contributed by atoms with van der Waals surface area (Å²) in [4.78, 5) is 16.8. The van der Waals surface area contributed by atoms with Crippen molar-refractivity contribution in [2.45, 2.75) is 33.2 Å². The molecule has 0 spiro atoms. The standard InChI is InChI=1S/C23H23BrClFN2O3/c1-12-5-13(16(25)9-15(12)24)8-20-27-21-17(26)6-14(22(29)30-4)7-18(21)28(20)19-10-31-11-23(19,2)3/h5-7,9,19H,8,10-11H2,1-4H3. The summed E-state index contributed by atoms with van der Waals surface area (Å²) >= 11 is 10.0. The molecule has 0 saturated carbocycles. The number of nitrogens with zero attached hydrogens (tertiary/aromatic N) is 2. The van der Waals surface area contributed by atoms with Gasteiger partial charge in [-0.2, -0.15) is 0 Å². The molecular formula is C23H23BrClFN2O3. The second kappa shape index (κ2) is 8.19.